The lowest BCUT2D eigenvalue weighted by Gasteiger charge is -2.16. The third-order valence-corrected chi connectivity index (χ3v) is 2.27. The highest BCUT2D eigenvalue weighted by molar-refractivity contribution is 5.95. The number of carbonyl (C=O) groups is 2. The summed E-state index contributed by atoms with van der Waals surface area (Å²) in [4.78, 5) is 37.8. The van der Waals surface area contributed by atoms with E-state index < -0.39 is 36.5 Å². The van der Waals surface area contributed by atoms with Crippen LogP contribution in [0.5, 0.6) is 0 Å². The summed E-state index contributed by atoms with van der Waals surface area (Å²) in [5.74, 6) is -1.72. The number of carbonyl (C=O) groups excluding carboxylic acids is 2. The van der Waals surface area contributed by atoms with Crippen molar-refractivity contribution < 1.29 is 22.8 Å². The van der Waals surface area contributed by atoms with Gasteiger partial charge >= 0.3 is 6.18 Å². The van der Waals surface area contributed by atoms with Crippen LogP contribution in [0.3, 0.4) is 0 Å². The lowest BCUT2D eigenvalue weighted by atomic mass is 10.2. The van der Waals surface area contributed by atoms with Gasteiger partial charge in [-0.3, -0.25) is 14.4 Å². The number of hydrogen-bond donors (Lipinski definition) is 2. The van der Waals surface area contributed by atoms with Crippen LogP contribution >= 0.6 is 0 Å². The molecule has 0 atom stereocenters. The van der Waals surface area contributed by atoms with Gasteiger partial charge in [-0.2, -0.15) is 13.2 Å². The maximum Gasteiger partial charge on any atom is 0.405 e. The summed E-state index contributed by atoms with van der Waals surface area (Å²) in [5.41, 5.74) is -0.741. The maximum absolute atomic E-state index is 11.9. The molecule has 6 nitrogen and oxygen atoms in total. The molecule has 0 unspecified atom stereocenters. The highest BCUT2D eigenvalue weighted by Crippen LogP contribution is 2.12. The van der Waals surface area contributed by atoms with Crippen LogP contribution in [0.25, 0.3) is 0 Å². The van der Waals surface area contributed by atoms with Crippen LogP contribution in [-0.4, -0.2) is 48.0 Å². The van der Waals surface area contributed by atoms with E-state index in [0.717, 1.165) is 17.2 Å². The molecule has 2 N–H and O–H groups in total. The number of nitrogens with one attached hydrogen (secondary N) is 2. The number of likely N-dealkylation sites (N-methyl/N-ethyl adjacent to an activating group) is 1. The predicted octanol–water partition coefficient (Wildman–Crippen LogP) is 0.125. The van der Waals surface area contributed by atoms with Crippen LogP contribution in [0.4, 0.5) is 13.2 Å². The summed E-state index contributed by atoms with van der Waals surface area (Å²) in [7, 11) is 1.21. The third kappa shape index (κ3) is 4.75. The average Bonchev–Trinajstić information content (AvgIpc) is 2.35. The van der Waals surface area contributed by atoms with Crippen LogP contribution in [0.15, 0.2) is 23.3 Å². The standard InChI is InChI=1S/C11H12F3N3O3/c1-17(5-9(19)16-6-11(12,13)14)10(20)7-4-15-3-2-8(7)18/h2-4H,5-6H2,1H3,(H,15,18)(H,16,19). The molecule has 0 aliphatic heterocycles. The number of aromatic nitrogens is 1. The van der Waals surface area contributed by atoms with Gasteiger partial charge in [0.05, 0.1) is 6.54 Å². The first-order valence-electron chi connectivity index (χ1n) is 5.47. The molecule has 20 heavy (non-hydrogen) atoms. The molecule has 1 aromatic rings. The Kier molecular flexibility index (Phi) is 4.89. The van der Waals surface area contributed by atoms with Crippen molar-refractivity contribution in [2.45, 2.75) is 6.18 Å². The minimum absolute atomic E-state index is 0.196. The first kappa shape index (κ1) is 15.7. The zero-order valence-corrected chi connectivity index (χ0v) is 10.5. The molecule has 0 radical (unpaired) electrons. The molecule has 1 rings (SSSR count). The van der Waals surface area contributed by atoms with Crippen molar-refractivity contribution in [1.29, 1.82) is 0 Å². The Morgan fingerprint density at radius 2 is 2.05 bits per heavy atom. The Balaban J connectivity index is 2.61. The van der Waals surface area contributed by atoms with Crippen LogP contribution in [0, 0.1) is 0 Å². The van der Waals surface area contributed by atoms with Crippen LogP contribution < -0.4 is 10.7 Å². The first-order valence-corrected chi connectivity index (χ1v) is 5.47. The maximum atomic E-state index is 11.9. The summed E-state index contributed by atoms with van der Waals surface area (Å²) in [6.45, 7) is -2.05. The van der Waals surface area contributed by atoms with E-state index in [0.29, 0.717) is 0 Å². The molecule has 110 valence electrons. The van der Waals surface area contributed by atoms with E-state index in [9.17, 15) is 27.6 Å². The third-order valence-electron chi connectivity index (χ3n) is 2.27. The van der Waals surface area contributed by atoms with Gasteiger partial charge in [0.2, 0.25) is 5.91 Å². The van der Waals surface area contributed by atoms with Gasteiger partial charge in [0.25, 0.3) is 5.91 Å². The van der Waals surface area contributed by atoms with Gasteiger partial charge in [0.1, 0.15) is 12.1 Å². The molecule has 0 aromatic carbocycles. The number of amides is 2. The Bertz CT molecular complexity index is 554. The molecule has 0 bridgehead atoms. The second kappa shape index (κ2) is 6.22. The van der Waals surface area contributed by atoms with Crippen LogP contribution in [0.2, 0.25) is 0 Å². The second-order valence-corrected chi connectivity index (χ2v) is 3.98. The Morgan fingerprint density at radius 3 is 2.60 bits per heavy atom. The van der Waals surface area contributed by atoms with E-state index in [2.05, 4.69) is 4.98 Å². The highest BCUT2D eigenvalue weighted by atomic mass is 19.4. The molecular weight excluding hydrogens is 279 g/mol. The molecule has 1 heterocycles. The number of halogens is 3. The van der Waals surface area contributed by atoms with Gasteiger partial charge in [-0.15, -0.1) is 0 Å². The number of H-pyrrole nitrogens is 1. The predicted molar refractivity (Wildman–Crippen MR) is 63.1 cm³/mol. The molecule has 0 fully saturated rings. The van der Waals surface area contributed by atoms with Crippen molar-refractivity contribution in [3.05, 3.63) is 34.2 Å². The molecule has 2 amide bonds. The van der Waals surface area contributed by atoms with Gasteiger partial charge in [0, 0.05) is 25.5 Å². The average molecular weight is 291 g/mol. The Morgan fingerprint density at radius 1 is 1.40 bits per heavy atom. The summed E-state index contributed by atoms with van der Waals surface area (Å²) >= 11 is 0. The van der Waals surface area contributed by atoms with E-state index in [4.69, 9.17) is 0 Å². The van der Waals surface area contributed by atoms with Crippen molar-refractivity contribution in [3.63, 3.8) is 0 Å². The van der Waals surface area contributed by atoms with Crippen molar-refractivity contribution in [3.8, 4) is 0 Å². The normalized spacial score (nSPS) is 11.0. The smallest absolute Gasteiger partial charge is 0.367 e. The SMILES string of the molecule is CN(CC(=O)NCC(F)(F)F)C(=O)c1c[nH]ccc1=O. The molecule has 0 aliphatic carbocycles. The number of nitrogens with zero attached hydrogens (tertiary/aromatic N) is 1. The topological polar surface area (TPSA) is 82.3 Å². The van der Waals surface area contributed by atoms with E-state index in [-0.39, 0.29) is 5.56 Å². The van der Waals surface area contributed by atoms with Crippen LogP contribution in [0.1, 0.15) is 10.4 Å². The zero-order chi connectivity index (χ0) is 15.3. The van der Waals surface area contributed by atoms with Gasteiger partial charge in [0.15, 0.2) is 5.43 Å². The fourth-order valence-electron chi connectivity index (χ4n) is 1.33. The Hall–Kier alpha value is -2.32. The van der Waals surface area contributed by atoms with Crippen molar-refractivity contribution in [2.24, 2.45) is 0 Å². The van der Waals surface area contributed by atoms with E-state index in [1.165, 1.54) is 13.2 Å². The summed E-state index contributed by atoms with van der Waals surface area (Å²) < 4.78 is 35.7. The largest absolute Gasteiger partial charge is 0.405 e. The quantitative estimate of drug-likeness (QED) is 0.827. The molecule has 9 heteroatoms. The lowest BCUT2D eigenvalue weighted by Crippen LogP contribution is -2.42. The zero-order valence-electron chi connectivity index (χ0n) is 10.5. The lowest BCUT2D eigenvalue weighted by molar-refractivity contribution is -0.138. The summed E-state index contributed by atoms with van der Waals surface area (Å²) in [6.07, 6.45) is -2.03. The van der Waals surface area contributed by atoms with E-state index >= 15 is 0 Å². The second-order valence-electron chi connectivity index (χ2n) is 3.98. The Labute approximate surface area is 111 Å². The fourth-order valence-corrected chi connectivity index (χ4v) is 1.33. The van der Waals surface area contributed by atoms with Gasteiger partial charge in [-0.1, -0.05) is 0 Å². The highest BCUT2D eigenvalue weighted by Gasteiger charge is 2.28. The number of pyridine rings is 1. The molecule has 1 aromatic heterocycles. The monoisotopic (exact) mass is 291 g/mol. The van der Waals surface area contributed by atoms with E-state index in [1.807, 2.05) is 0 Å². The number of alkyl halides is 3. The fraction of sp³-hybridized carbons (Fsp3) is 0.364. The van der Waals surface area contributed by atoms with Gasteiger partial charge < -0.3 is 15.2 Å². The van der Waals surface area contributed by atoms with Gasteiger partial charge in [-0.25, -0.2) is 0 Å². The first-order chi connectivity index (χ1) is 9.20. The van der Waals surface area contributed by atoms with Crippen LogP contribution in [-0.2, 0) is 4.79 Å². The summed E-state index contributed by atoms with van der Waals surface area (Å²) in [5, 5.41) is 1.63. The minimum atomic E-state index is -4.52. The van der Waals surface area contributed by atoms with Gasteiger partial charge in [-0.05, 0) is 0 Å². The minimum Gasteiger partial charge on any atom is -0.367 e. The summed E-state index contributed by atoms with van der Waals surface area (Å²) in [6, 6.07) is 1.13. The number of hydrogen-bond acceptors (Lipinski definition) is 3. The van der Waals surface area contributed by atoms with Crippen molar-refractivity contribution >= 4 is 11.8 Å². The number of rotatable bonds is 4. The molecule has 0 spiro atoms. The molecule has 0 aliphatic rings. The molecule has 0 saturated carbocycles. The molecule has 0 saturated heterocycles. The van der Waals surface area contributed by atoms with E-state index in [1.54, 1.807) is 5.32 Å². The number of aromatic amines is 1. The van der Waals surface area contributed by atoms with Crippen molar-refractivity contribution in [2.75, 3.05) is 20.1 Å². The molecular formula is C11H12F3N3O3. The van der Waals surface area contributed by atoms with Crippen molar-refractivity contribution in [1.82, 2.24) is 15.2 Å².